The van der Waals surface area contributed by atoms with E-state index in [-0.39, 0.29) is 50.0 Å². The van der Waals surface area contributed by atoms with Crippen molar-refractivity contribution in [2.75, 3.05) is 105 Å². The number of allylic oxidation sites excluding steroid dienone is 12. The molecule has 0 saturated carbocycles. The van der Waals surface area contributed by atoms with Gasteiger partial charge in [0.2, 0.25) is 5.91 Å². The highest BCUT2D eigenvalue weighted by molar-refractivity contribution is 5.78. The summed E-state index contributed by atoms with van der Waals surface area (Å²) in [6, 6.07) is 0. The summed E-state index contributed by atoms with van der Waals surface area (Å²) >= 11 is 0. The second-order valence-electron chi connectivity index (χ2n) is 18.2. The topological polar surface area (TPSA) is 121 Å². The second-order valence-corrected chi connectivity index (χ2v) is 18.2. The summed E-state index contributed by atoms with van der Waals surface area (Å²) in [5, 5.41) is 3.12. The molecule has 0 aromatic rings. The lowest BCUT2D eigenvalue weighted by atomic mass is 10.0. The van der Waals surface area contributed by atoms with Gasteiger partial charge in [0.25, 0.3) is 0 Å². The van der Waals surface area contributed by atoms with Gasteiger partial charge in [0.1, 0.15) is 0 Å². The Morgan fingerprint density at radius 2 is 0.697 bits per heavy atom. The van der Waals surface area contributed by atoms with Crippen molar-refractivity contribution in [3.05, 3.63) is 69.9 Å². The molecule has 376 valence electrons. The lowest BCUT2D eigenvalue weighted by Gasteiger charge is -2.33. The van der Waals surface area contributed by atoms with Crippen LogP contribution in [0.15, 0.2) is 69.9 Å². The Bertz CT molecular complexity index is 1560. The first-order valence-electron chi connectivity index (χ1n) is 25.2. The molecule has 66 heavy (non-hydrogen) atoms. The number of nitrogens with zero attached hydrogens (tertiary/aromatic N) is 4. The van der Waals surface area contributed by atoms with Crippen molar-refractivity contribution in [3.63, 3.8) is 0 Å². The van der Waals surface area contributed by atoms with Crippen LogP contribution < -0.4 is 5.32 Å². The highest BCUT2D eigenvalue weighted by Gasteiger charge is 2.22. The van der Waals surface area contributed by atoms with E-state index in [9.17, 15) is 19.2 Å². The first-order chi connectivity index (χ1) is 31.6. The van der Waals surface area contributed by atoms with Crippen molar-refractivity contribution < 1.29 is 33.4 Å². The van der Waals surface area contributed by atoms with Gasteiger partial charge in [0, 0.05) is 58.9 Å². The lowest BCUT2D eigenvalue weighted by molar-refractivity contribution is -0.146. The molecule has 1 N–H and O–H groups in total. The Labute approximate surface area is 402 Å². The average molecular weight is 924 g/mol. The Morgan fingerprint density at radius 3 is 1.02 bits per heavy atom. The van der Waals surface area contributed by atoms with E-state index in [1.54, 1.807) is 20.8 Å². The number of hydrogen-bond donors (Lipinski definition) is 1. The zero-order valence-corrected chi connectivity index (χ0v) is 43.4. The fraction of sp³-hybridized carbons (Fsp3) is 0.704. The molecule has 1 fully saturated rings. The summed E-state index contributed by atoms with van der Waals surface area (Å²) in [4.78, 5) is 58.9. The van der Waals surface area contributed by atoms with E-state index in [4.69, 9.17) is 14.2 Å². The fourth-order valence-corrected chi connectivity index (χ4v) is 7.63. The Hall–Kier alpha value is -3.84. The lowest BCUT2D eigenvalue weighted by Crippen LogP contribution is -2.50. The molecule has 0 bridgehead atoms. The first kappa shape index (κ1) is 60.2. The minimum atomic E-state index is -0.314. The second kappa shape index (κ2) is 38.2. The SMILES string of the molecule is CCOC(=O)CN1CCN(CC(=O)NCCC/C(C)=C/CC/C(C)=C/CC/C(C)=C/CC/C=C(\C)CC/C=C(\C)CCC=C(C)C)CCN(CC(=O)OCC)CCN(CC(=O)OCC)CC1. The highest BCUT2D eigenvalue weighted by Crippen LogP contribution is 2.16. The van der Waals surface area contributed by atoms with E-state index in [1.165, 1.54) is 33.4 Å². The van der Waals surface area contributed by atoms with E-state index in [1.807, 2.05) is 14.7 Å². The first-order valence-corrected chi connectivity index (χ1v) is 25.2. The third-order valence-corrected chi connectivity index (χ3v) is 11.7. The van der Waals surface area contributed by atoms with E-state index in [0.717, 1.165) is 77.0 Å². The summed E-state index contributed by atoms with van der Waals surface area (Å²) in [6.07, 6.45) is 27.1. The maximum atomic E-state index is 13.3. The van der Waals surface area contributed by atoms with E-state index in [0.29, 0.717) is 78.7 Å². The number of carbonyl (C=O) groups excluding carboxylic acids is 4. The summed E-state index contributed by atoms with van der Waals surface area (Å²) in [6.45, 7) is 27.1. The third kappa shape index (κ3) is 33.6. The van der Waals surface area contributed by atoms with E-state index in [2.05, 4.69) is 95.1 Å². The van der Waals surface area contributed by atoms with E-state index >= 15 is 0 Å². The largest absolute Gasteiger partial charge is 0.465 e. The molecule has 1 rings (SSSR count). The van der Waals surface area contributed by atoms with Crippen molar-refractivity contribution in [3.8, 4) is 0 Å². The maximum absolute atomic E-state index is 13.3. The molecule has 12 heteroatoms. The van der Waals surface area contributed by atoms with Gasteiger partial charge >= 0.3 is 17.9 Å². The van der Waals surface area contributed by atoms with Crippen LogP contribution in [0.5, 0.6) is 0 Å². The monoisotopic (exact) mass is 924 g/mol. The Morgan fingerprint density at radius 1 is 0.409 bits per heavy atom. The quantitative estimate of drug-likeness (QED) is 0.0321. The predicted molar refractivity (Wildman–Crippen MR) is 272 cm³/mol. The molecule has 0 aromatic carbocycles. The molecule has 0 spiro atoms. The van der Waals surface area contributed by atoms with Crippen LogP contribution in [-0.2, 0) is 33.4 Å². The normalized spacial score (nSPS) is 16.3. The predicted octanol–water partition coefficient (Wildman–Crippen LogP) is 9.39. The van der Waals surface area contributed by atoms with Gasteiger partial charge in [-0.25, -0.2) is 0 Å². The van der Waals surface area contributed by atoms with Crippen LogP contribution in [0.25, 0.3) is 0 Å². The summed E-state index contributed by atoms with van der Waals surface area (Å²) in [7, 11) is 0. The third-order valence-electron chi connectivity index (χ3n) is 11.7. The number of esters is 3. The molecule has 0 atom stereocenters. The molecule has 1 aliphatic heterocycles. The Balaban J connectivity index is 2.60. The number of amides is 1. The zero-order chi connectivity index (χ0) is 49.0. The maximum Gasteiger partial charge on any atom is 0.320 e. The standard InChI is InChI=1S/C54H93N5O7/c1-11-64-52(61)42-57-35-33-56(34-36-58(43-53(62)65-12-2)38-40-59(39-37-57)44-54(63)66-13-3)41-51(60)55-32-20-31-50(10)30-19-29-49(9)28-18-26-47(7)23-15-14-22-46(6)25-17-27-48(8)24-16-21-45(4)5/h21-23,27-28,30H,11-20,24-26,29,31-44H2,1-10H3,(H,55,60)/b46-22+,47-23+,48-27+,49-28+,50-30+. The number of unbranched alkanes of at least 4 members (excludes halogenated alkanes) is 1. The van der Waals surface area contributed by atoms with Crippen molar-refractivity contribution in [2.24, 2.45) is 0 Å². The molecule has 1 aliphatic rings. The molecule has 0 radical (unpaired) electrons. The zero-order valence-electron chi connectivity index (χ0n) is 43.4. The van der Waals surface area contributed by atoms with Crippen LogP contribution in [0, 0.1) is 0 Å². The van der Waals surface area contributed by atoms with Gasteiger partial charge in [0.05, 0.1) is 46.0 Å². The number of nitrogens with one attached hydrogen (secondary N) is 1. The number of hydrogen-bond acceptors (Lipinski definition) is 11. The molecular weight excluding hydrogens is 831 g/mol. The molecular formula is C54H93N5O7. The molecule has 0 unspecified atom stereocenters. The van der Waals surface area contributed by atoms with Crippen LogP contribution >= 0.6 is 0 Å². The van der Waals surface area contributed by atoms with Gasteiger partial charge in [-0.3, -0.25) is 38.8 Å². The molecule has 12 nitrogen and oxygen atoms in total. The van der Waals surface area contributed by atoms with Crippen molar-refractivity contribution in [1.29, 1.82) is 0 Å². The van der Waals surface area contributed by atoms with Crippen LogP contribution in [0.1, 0.15) is 146 Å². The number of ether oxygens (including phenoxy) is 3. The van der Waals surface area contributed by atoms with Gasteiger partial charge in [0.15, 0.2) is 0 Å². The van der Waals surface area contributed by atoms with Crippen molar-refractivity contribution in [1.82, 2.24) is 24.9 Å². The van der Waals surface area contributed by atoms with Crippen molar-refractivity contribution >= 4 is 23.8 Å². The van der Waals surface area contributed by atoms with Crippen LogP contribution in [0.3, 0.4) is 0 Å². The summed E-state index contributed by atoms with van der Waals surface area (Å²) < 4.78 is 15.7. The van der Waals surface area contributed by atoms with Gasteiger partial charge in [-0.1, -0.05) is 69.9 Å². The average Bonchev–Trinajstić information content (AvgIpc) is 3.25. The van der Waals surface area contributed by atoms with Gasteiger partial charge in [-0.15, -0.1) is 0 Å². The summed E-state index contributed by atoms with van der Waals surface area (Å²) in [5.74, 6) is -0.981. The molecule has 1 saturated heterocycles. The molecule has 0 aliphatic carbocycles. The molecule has 0 aromatic heterocycles. The van der Waals surface area contributed by atoms with E-state index < -0.39 is 0 Å². The number of rotatable bonds is 30. The highest BCUT2D eigenvalue weighted by atomic mass is 16.5. The van der Waals surface area contributed by atoms with Crippen LogP contribution in [0.2, 0.25) is 0 Å². The van der Waals surface area contributed by atoms with Crippen molar-refractivity contribution in [2.45, 2.75) is 146 Å². The van der Waals surface area contributed by atoms with Gasteiger partial charge < -0.3 is 19.5 Å². The fourth-order valence-electron chi connectivity index (χ4n) is 7.63. The molecule has 1 heterocycles. The Kier molecular flexibility index (Phi) is 34.8. The summed E-state index contributed by atoms with van der Waals surface area (Å²) in [5.41, 5.74) is 8.64. The smallest absolute Gasteiger partial charge is 0.320 e. The minimum absolute atomic E-state index is 0.0495. The minimum Gasteiger partial charge on any atom is -0.465 e. The van der Waals surface area contributed by atoms with Crippen LogP contribution in [0.4, 0.5) is 0 Å². The van der Waals surface area contributed by atoms with Gasteiger partial charge in [-0.2, -0.15) is 0 Å². The van der Waals surface area contributed by atoms with Gasteiger partial charge in [-0.05, 0) is 146 Å². The van der Waals surface area contributed by atoms with Crippen LogP contribution in [-0.4, -0.2) is 148 Å². The number of carbonyl (C=O) groups is 4. The molecule has 1 amide bonds.